The number of fused-ring (bicyclic) bond motifs is 4. The third kappa shape index (κ3) is 5.69. The molecule has 40 heavy (non-hydrogen) atoms. The highest BCUT2D eigenvalue weighted by atomic mass is 32.2. The van der Waals surface area contributed by atoms with E-state index in [-0.39, 0.29) is 25.5 Å². The Kier molecular flexibility index (Phi) is 7.31. The van der Waals surface area contributed by atoms with Gasteiger partial charge in [0.1, 0.15) is 19.2 Å². The third-order valence-electron chi connectivity index (χ3n) is 6.84. The number of rotatable bonds is 9. The zero-order chi connectivity index (χ0) is 28.4. The fourth-order valence-electron chi connectivity index (χ4n) is 5.21. The van der Waals surface area contributed by atoms with Crippen LogP contribution in [0.2, 0.25) is 0 Å². The van der Waals surface area contributed by atoms with Crippen LogP contribution in [0.25, 0.3) is 22.0 Å². The summed E-state index contributed by atoms with van der Waals surface area (Å²) >= 11 is 0. The van der Waals surface area contributed by atoms with Crippen LogP contribution in [-0.2, 0) is 37.3 Å². The van der Waals surface area contributed by atoms with E-state index in [0.29, 0.717) is 16.5 Å². The van der Waals surface area contributed by atoms with E-state index in [1.165, 1.54) is 4.57 Å². The number of carboxylic acids is 1. The number of hydrogen-bond donors (Lipinski definition) is 3. The van der Waals surface area contributed by atoms with Gasteiger partial charge in [0.15, 0.2) is 0 Å². The maximum atomic E-state index is 12.8. The minimum atomic E-state index is -3.73. The monoisotopic (exact) mass is 561 g/mol. The molecule has 3 N–H and O–H groups in total. The van der Waals surface area contributed by atoms with Gasteiger partial charge >= 0.3 is 12.1 Å². The number of sulfonamides is 1. The maximum absolute atomic E-state index is 12.8. The number of nitrogens with one attached hydrogen (secondary N) is 2. The Morgan fingerprint density at radius 3 is 2.17 bits per heavy atom. The van der Waals surface area contributed by atoms with Crippen molar-refractivity contribution < 1.29 is 32.6 Å². The molecule has 0 aliphatic heterocycles. The highest BCUT2D eigenvalue weighted by molar-refractivity contribution is 7.89. The summed E-state index contributed by atoms with van der Waals surface area (Å²) in [5, 5.41) is 13.0. The number of ether oxygens (including phenoxy) is 1. The summed E-state index contributed by atoms with van der Waals surface area (Å²) in [4.78, 5) is 37.1. The van der Waals surface area contributed by atoms with Crippen molar-refractivity contribution in [3.63, 3.8) is 0 Å². The highest BCUT2D eigenvalue weighted by Crippen LogP contribution is 2.44. The SMILES string of the molecule is CS(=O)(=O)NC(=O)Cn1cc(C[C@H](NC(=O)OCC2c3ccccc3-c3ccccc32)C(=O)O)c2ccccc21. The van der Waals surface area contributed by atoms with Crippen LogP contribution < -0.4 is 10.0 Å². The van der Waals surface area contributed by atoms with Gasteiger partial charge in [0, 0.05) is 29.4 Å². The lowest BCUT2D eigenvalue weighted by Crippen LogP contribution is -2.42. The van der Waals surface area contributed by atoms with E-state index < -0.39 is 34.0 Å². The first-order valence-electron chi connectivity index (χ1n) is 12.5. The average molecular weight is 562 g/mol. The van der Waals surface area contributed by atoms with E-state index in [1.54, 1.807) is 30.5 Å². The molecule has 1 aliphatic rings. The van der Waals surface area contributed by atoms with Crippen LogP contribution in [0.3, 0.4) is 0 Å². The number of amides is 2. The number of carboxylic acid groups (broad SMARTS) is 1. The molecular weight excluding hydrogens is 534 g/mol. The first-order chi connectivity index (χ1) is 19.1. The number of nitrogens with zero attached hydrogens (tertiary/aromatic N) is 1. The molecule has 1 heterocycles. The Morgan fingerprint density at radius 2 is 1.55 bits per heavy atom. The van der Waals surface area contributed by atoms with Crippen molar-refractivity contribution in [2.45, 2.75) is 24.9 Å². The van der Waals surface area contributed by atoms with Crippen LogP contribution in [0.15, 0.2) is 79.0 Å². The van der Waals surface area contributed by atoms with Crippen LogP contribution in [0, 0.1) is 0 Å². The predicted molar refractivity (Wildman–Crippen MR) is 148 cm³/mol. The van der Waals surface area contributed by atoms with Gasteiger partial charge in [-0.3, -0.25) is 9.52 Å². The molecule has 0 spiro atoms. The molecule has 0 radical (unpaired) electrons. The number of carbonyl (C=O) groups is 3. The van der Waals surface area contributed by atoms with Crippen molar-refractivity contribution in [2.75, 3.05) is 12.9 Å². The lowest BCUT2D eigenvalue weighted by molar-refractivity contribution is -0.139. The molecule has 3 aromatic carbocycles. The standard InChI is InChI=1S/C29H27N3O7S/c1-40(37,38)31-27(33)16-32-15-18(19-8-6-7-13-26(19)32)14-25(28(34)35)30-29(36)39-17-24-22-11-4-2-9-20(22)21-10-3-5-12-23(21)24/h2-13,15,24-25H,14,16-17H2,1H3,(H,30,36)(H,31,33)(H,34,35)/t25-/m0/s1. The number of hydrogen-bond acceptors (Lipinski definition) is 6. The van der Waals surface area contributed by atoms with Crippen molar-refractivity contribution in [1.82, 2.24) is 14.6 Å². The number of alkyl carbamates (subject to hydrolysis) is 1. The second-order valence-electron chi connectivity index (χ2n) is 9.66. The fraction of sp³-hybridized carbons (Fsp3) is 0.207. The molecule has 0 unspecified atom stereocenters. The van der Waals surface area contributed by atoms with E-state index >= 15 is 0 Å². The lowest BCUT2D eigenvalue weighted by atomic mass is 9.98. The zero-order valence-corrected chi connectivity index (χ0v) is 22.4. The Hall–Kier alpha value is -4.64. The number of benzene rings is 3. The maximum Gasteiger partial charge on any atom is 0.407 e. The summed E-state index contributed by atoms with van der Waals surface area (Å²) in [6.07, 6.45) is 1.53. The van der Waals surface area contributed by atoms with E-state index in [4.69, 9.17) is 4.74 Å². The van der Waals surface area contributed by atoms with E-state index in [9.17, 15) is 27.9 Å². The van der Waals surface area contributed by atoms with Gasteiger partial charge in [-0.05, 0) is 33.9 Å². The molecule has 0 bridgehead atoms. The van der Waals surface area contributed by atoms with Gasteiger partial charge in [0.2, 0.25) is 10.0 Å². The van der Waals surface area contributed by atoms with E-state index in [2.05, 4.69) is 5.32 Å². The molecule has 0 fully saturated rings. The minimum absolute atomic E-state index is 0.0426. The Labute approximate surface area is 230 Å². The lowest BCUT2D eigenvalue weighted by Gasteiger charge is -2.17. The van der Waals surface area contributed by atoms with Crippen LogP contribution in [0.1, 0.15) is 22.6 Å². The number of aliphatic carboxylic acids is 1. The summed E-state index contributed by atoms with van der Waals surface area (Å²) in [6.45, 7) is -0.244. The Bertz CT molecular complexity index is 1680. The van der Waals surface area contributed by atoms with Crippen LogP contribution in [-0.4, -0.2) is 55.0 Å². The smallest absolute Gasteiger partial charge is 0.407 e. The van der Waals surface area contributed by atoms with Crippen molar-refractivity contribution in [1.29, 1.82) is 0 Å². The first kappa shape index (κ1) is 26.9. The molecule has 2 amide bonds. The molecule has 1 aliphatic carbocycles. The largest absolute Gasteiger partial charge is 0.480 e. The third-order valence-corrected chi connectivity index (χ3v) is 7.44. The summed E-state index contributed by atoms with van der Waals surface area (Å²) in [5.74, 6) is -2.15. The molecule has 0 saturated heterocycles. The molecule has 0 saturated carbocycles. The number of carbonyl (C=O) groups excluding carboxylic acids is 2. The predicted octanol–water partition coefficient (Wildman–Crippen LogP) is 3.25. The molecular formula is C29H27N3O7S. The molecule has 5 rings (SSSR count). The topological polar surface area (TPSA) is 144 Å². The van der Waals surface area contributed by atoms with Crippen molar-refractivity contribution in [3.05, 3.63) is 95.7 Å². The summed E-state index contributed by atoms with van der Waals surface area (Å²) < 4.78 is 31.8. The molecule has 4 aromatic rings. The molecule has 1 atom stereocenters. The van der Waals surface area contributed by atoms with Gasteiger partial charge in [0.25, 0.3) is 5.91 Å². The van der Waals surface area contributed by atoms with Gasteiger partial charge in [-0.2, -0.15) is 0 Å². The van der Waals surface area contributed by atoms with E-state index in [0.717, 1.165) is 28.5 Å². The number of aromatic nitrogens is 1. The molecule has 10 nitrogen and oxygen atoms in total. The zero-order valence-electron chi connectivity index (χ0n) is 21.5. The van der Waals surface area contributed by atoms with Gasteiger partial charge in [0.05, 0.1) is 6.26 Å². The summed E-state index contributed by atoms with van der Waals surface area (Å²) in [6, 6.07) is 21.5. The Morgan fingerprint density at radius 1 is 0.950 bits per heavy atom. The second-order valence-corrected chi connectivity index (χ2v) is 11.4. The summed E-state index contributed by atoms with van der Waals surface area (Å²) in [5.41, 5.74) is 5.42. The van der Waals surface area contributed by atoms with Gasteiger partial charge < -0.3 is 19.7 Å². The van der Waals surface area contributed by atoms with Crippen molar-refractivity contribution in [2.24, 2.45) is 0 Å². The average Bonchev–Trinajstić information content (AvgIpc) is 3.41. The van der Waals surface area contributed by atoms with Crippen LogP contribution >= 0.6 is 0 Å². The quantitative estimate of drug-likeness (QED) is 0.285. The van der Waals surface area contributed by atoms with E-state index in [1.807, 2.05) is 53.3 Å². The van der Waals surface area contributed by atoms with Crippen molar-refractivity contribution in [3.8, 4) is 11.1 Å². The Balaban J connectivity index is 1.29. The molecule has 1 aromatic heterocycles. The van der Waals surface area contributed by atoms with Crippen LogP contribution in [0.5, 0.6) is 0 Å². The molecule has 206 valence electrons. The normalized spacial score (nSPS) is 13.3. The molecule has 11 heteroatoms. The number of para-hydroxylation sites is 1. The first-order valence-corrected chi connectivity index (χ1v) is 14.4. The minimum Gasteiger partial charge on any atom is -0.480 e. The van der Waals surface area contributed by atoms with Gasteiger partial charge in [-0.25, -0.2) is 18.0 Å². The van der Waals surface area contributed by atoms with Crippen molar-refractivity contribution >= 4 is 38.9 Å². The second kappa shape index (κ2) is 10.9. The van der Waals surface area contributed by atoms with Gasteiger partial charge in [-0.1, -0.05) is 66.7 Å². The van der Waals surface area contributed by atoms with Crippen LogP contribution in [0.4, 0.5) is 4.79 Å². The van der Waals surface area contributed by atoms with Gasteiger partial charge in [-0.15, -0.1) is 0 Å². The fourth-order valence-corrected chi connectivity index (χ4v) is 5.69. The highest BCUT2D eigenvalue weighted by Gasteiger charge is 2.30. The summed E-state index contributed by atoms with van der Waals surface area (Å²) in [7, 11) is -3.73.